The molecular formula is C19H32N4O2. The quantitative estimate of drug-likeness (QED) is 0.818. The molecule has 6 heteroatoms. The molecule has 1 unspecified atom stereocenters. The molecule has 1 aliphatic heterocycles. The van der Waals surface area contributed by atoms with Crippen molar-refractivity contribution in [1.29, 1.82) is 0 Å². The molecule has 0 aliphatic carbocycles. The van der Waals surface area contributed by atoms with Gasteiger partial charge in [-0.2, -0.15) is 0 Å². The smallest absolute Gasteiger partial charge is 0.406 e. The summed E-state index contributed by atoms with van der Waals surface area (Å²) >= 11 is 0. The van der Waals surface area contributed by atoms with Crippen molar-refractivity contribution in [3.8, 4) is 0 Å². The van der Waals surface area contributed by atoms with Gasteiger partial charge in [-0.3, -0.25) is 4.90 Å². The topological polar surface area (TPSA) is 48.1 Å². The van der Waals surface area contributed by atoms with Gasteiger partial charge in [-0.15, -0.1) is 0 Å². The minimum atomic E-state index is -0.375. The Morgan fingerprint density at radius 2 is 1.88 bits per heavy atom. The number of carbonyl (C=O) groups excluding carboxylic acids is 1. The first-order chi connectivity index (χ1) is 12.0. The van der Waals surface area contributed by atoms with E-state index in [-0.39, 0.29) is 6.09 Å². The highest BCUT2D eigenvalue weighted by Gasteiger charge is 2.17. The van der Waals surface area contributed by atoms with Crippen molar-refractivity contribution in [3.05, 3.63) is 29.8 Å². The molecule has 1 aromatic carbocycles. The van der Waals surface area contributed by atoms with E-state index in [2.05, 4.69) is 69.9 Å². The Morgan fingerprint density at radius 3 is 2.44 bits per heavy atom. The molecule has 1 aliphatic rings. The number of alkyl carbamates (subject to hydrolysis) is 1. The summed E-state index contributed by atoms with van der Waals surface area (Å²) in [5.41, 5.74) is 2.61. The molecule has 6 nitrogen and oxygen atoms in total. The van der Waals surface area contributed by atoms with Crippen molar-refractivity contribution in [1.82, 2.24) is 15.1 Å². The van der Waals surface area contributed by atoms with E-state index in [1.165, 1.54) is 18.4 Å². The molecular weight excluding hydrogens is 316 g/mol. The Labute approximate surface area is 151 Å². The molecule has 0 saturated carbocycles. The Kier molecular flexibility index (Phi) is 7.52. The fourth-order valence-electron chi connectivity index (χ4n) is 3.24. The second-order valence-corrected chi connectivity index (χ2v) is 6.60. The number of rotatable bonds is 7. The lowest BCUT2D eigenvalue weighted by molar-refractivity contribution is 0.165. The maximum absolute atomic E-state index is 11.2. The number of anilines is 1. The van der Waals surface area contributed by atoms with E-state index in [0.717, 1.165) is 39.3 Å². The summed E-state index contributed by atoms with van der Waals surface area (Å²) in [4.78, 5) is 18.3. The molecule has 0 radical (unpaired) electrons. The van der Waals surface area contributed by atoms with Gasteiger partial charge in [0.15, 0.2) is 0 Å². The van der Waals surface area contributed by atoms with Gasteiger partial charge in [-0.05, 0) is 38.2 Å². The third kappa shape index (κ3) is 5.61. The second kappa shape index (κ2) is 9.63. The maximum atomic E-state index is 11.2. The summed E-state index contributed by atoms with van der Waals surface area (Å²) < 4.78 is 4.61. The molecule has 1 saturated heterocycles. The van der Waals surface area contributed by atoms with Gasteiger partial charge < -0.3 is 19.9 Å². The van der Waals surface area contributed by atoms with E-state index in [4.69, 9.17) is 0 Å². The fourth-order valence-corrected chi connectivity index (χ4v) is 3.24. The van der Waals surface area contributed by atoms with Crippen LogP contribution in [0.2, 0.25) is 0 Å². The lowest BCUT2D eigenvalue weighted by atomic mass is 10.1. The monoisotopic (exact) mass is 348 g/mol. The van der Waals surface area contributed by atoms with Crippen LogP contribution in [0.5, 0.6) is 0 Å². The molecule has 1 amide bonds. The molecule has 0 bridgehead atoms. The number of hydrogen-bond donors (Lipinski definition) is 1. The van der Waals surface area contributed by atoms with Crippen molar-refractivity contribution in [2.75, 3.05) is 64.9 Å². The fraction of sp³-hybridized carbons (Fsp3) is 0.632. The van der Waals surface area contributed by atoms with Gasteiger partial charge in [-0.1, -0.05) is 19.1 Å². The summed E-state index contributed by atoms with van der Waals surface area (Å²) in [6.45, 7) is 11.1. The van der Waals surface area contributed by atoms with E-state index in [1.807, 2.05) is 0 Å². The van der Waals surface area contributed by atoms with Gasteiger partial charge in [-0.25, -0.2) is 4.79 Å². The molecule has 140 valence electrons. The Bertz CT molecular complexity index is 527. The van der Waals surface area contributed by atoms with E-state index < -0.39 is 0 Å². The van der Waals surface area contributed by atoms with Crippen LogP contribution in [0.3, 0.4) is 0 Å². The summed E-state index contributed by atoms with van der Waals surface area (Å²) in [6, 6.07) is 9.24. The second-order valence-electron chi connectivity index (χ2n) is 6.60. The third-order valence-corrected chi connectivity index (χ3v) is 5.05. The Hall–Kier alpha value is -1.79. The maximum Gasteiger partial charge on any atom is 0.406 e. The summed E-state index contributed by atoms with van der Waals surface area (Å²) in [7, 11) is 3.56. The molecule has 1 N–H and O–H groups in total. The van der Waals surface area contributed by atoms with Crippen LogP contribution < -0.4 is 10.2 Å². The van der Waals surface area contributed by atoms with Gasteiger partial charge in [0.25, 0.3) is 0 Å². The molecule has 1 heterocycles. The molecule has 1 fully saturated rings. The standard InChI is InChI=1S/C19H32N4O2/c1-5-22(11-10-20-19(24)25-4)16(2)17-6-8-18(9-7-17)23-14-12-21(3)13-15-23/h6-9,16H,5,10-15H2,1-4H3,(H,20,24). The number of nitrogens with zero attached hydrogens (tertiary/aromatic N) is 3. The lowest BCUT2D eigenvalue weighted by Crippen LogP contribution is -2.44. The highest BCUT2D eigenvalue weighted by molar-refractivity contribution is 5.66. The lowest BCUT2D eigenvalue weighted by Gasteiger charge is -2.34. The zero-order valence-corrected chi connectivity index (χ0v) is 16.0. The summed E-state index contributed by atoms with van der Waals surface area (Å²) in [5, 5.41) is 2.75. The SMILES string of the molecule is CCN(CCNC(=O)OC)C(C)c1ccc(N2CCN(C)CC2)cc1. The highest BCUT2D eigenvalue weighted by atomic mass is 16.5. The number of likely N-dealkylation sites (N-methyl/N-ethyl adjacent to an activating group) is 2. The van der Waals surface area contributed by atoms with E-state index in [1.54, 1.807) is 0 Å². The van der Waals surface area contributed by atoms with Crippen LogP contribution in [-0.2, 0) is 4.74 Å². The van der Waals surface area contributed by atoms with E-state index in [9.17, 15) is 4.79 Å². The average Bonchev–Trinajstić information content (AvgIpc) is 2.65. The number of methoxy groups -OCH3 is 1. The zero-order valence-electron chi connectivity index (χ0n) is 16.0. The summed E-state index contributed by atoms with van der Waals surface area (Å²) in [6.07, 6.45) is -0.375. The first kappa shape index (κ1) is 19.5. The van der Waals surface area contributed by atoms with Gasteiger partial charge in [0.1, 0.15) is 0 Å². The van der Waals surface area contributed by atoms with Crippen molar-refractivity contribution in [2.24, 2.45) is 0 Å². The normalized spacial score (nSPS) is 16.8. The van der Waals surface area contributed by atoms with Crippen molar-refractivity contribution in [2.45, 2.75) is 19.9 Å². The number of hydrogen-bond acceptors (Lipinski definition) is 5. The van der Waals surface area contributed by atoms with Gasteiger partial charge in [0, 0.05) is 51.0 Å². The number of piperazine rings is 1. The van der Waals surface area contributed by atoms with Crippen LogP contribution in [0.1, 0.15) is 25.5 Å². The van der Waals surface area contributed by atoms with Crippen molar-refractivity contribution >= 4 is 11.8 Å². The molecule has 0 spiro atoms. The number of nitrogens with one attached hydrogen (secondary N) is 1. The summed E-state index contributed by atoms with van der Waals surface area (Å²) in [5.74, 6) is 0. The largest absolute Gasteiger partial charge is 0.453 e. The van der Waals surface area contributed by atoms with Gasteiger partial charge in [0.05, 0.1) is 7.11 Å². The minimum Gasteiger partial charge on any atom is -0.453 e. The van der Waals surface area contributed by atoms with Crippen LogP contribution >= 0.6 is 0 Å². The van der Waals surface area contributed by atoms with Crippen LogP contribution in [0.15, 0.2) is 24.3 Å². The minimum absolute atomic E-state index is 0.311. The number of carbonyl (C=O) groups is 1. The van der Waals surface area contributed by atoms with Crippen LogP contribution in [-0.4, -0.2) is 75.9 Å². The first-order valence-corrected chi connectivity index (χ1v) is 9.14. The van der Waals surface area contributed by atoms with Crippen molar-refractivity contribution in [3.63, 3.8) is 0 Å². The number of amides is 1. The third-order valence-electron chi connectivity index (χ3n) is 5.05. The molecule has 1 aromatic rings. The van der Waals surface area contributed by atoms with Crippen molar-refractivity contribution < 1.29 is 9.53 Å². The average molecular weight is 348 g/mol. The number of ether oxygens (including phenoxy) is 1. The molecule has 25 heavy (non-hydrogen) atoms. The van der Waals surface area contributed by atoms with E-state index in [0.29, 0.717) is 12.6 Å². The number of benzene rings is 1. The van der Waals surface area contributed by atoms with Gasteiger partial charge in [0.2, 0.25) is 0 Å². The van der Waals surface area contributed by atoms with E-state index >= 15 is 0 Å². The molecule has 1 atom stereocenters. The predicted molar refractivity (Wildman–Crippen MR) is 102 cm³/mol. The Morgan fingerprint density at radius 1 is 1.24 bits per heavy atom. The molecule has 2 rings (SSSR count). The highest BCUT2D eigenvalue weighted by Crippen LogP contribution is 2.23. The Balaban J connectivity index is 1.91. The first-order valence-electron chi connectivity index (χ1n) is 9.14. The van der Waals surface area contributed by atoms with Crippen LogP contribution in [0.4, 0.5) is 10.5 Å². The van der Waals surface area contributed by atoms with Crippen LogP contribution in [0, 0.1) is 0 Å². The zero-order chi connectivity index (χ0) is 18.2. The van der Waals surface area contributed by atoms with Gasteiger partial charge >= 0.3 is 6.09 Å². The molecule has 0 aromatic heterocycles. The van der Waals surface area contributed by atoms with Crippen LogP contribution in [0.25, 0.3) is 0 Å². The predicted octanol–water partition coefficient (Wildman–Crippen LogP) is 2.18.